The van der Waals surface area contributed by atoms with Gasteiger partial charge in [-0.25, -0.2) is 14.6 Å². The van der Waals surface area contributed by atoms with Crippen LogP contribution in [0.1, 0.15) is 38.5 Å². The number of nitrogens with one attached hydrogen (secondary N) is 1. The fourth-order valence-corrected chi connectivity index (χ4v) is 3.09. The molecule has 3 amide bonds. The number of aliphatic carboxylic acids is 1. The average Bonchev–Trinajstić information content (AvgIpc) is 2.77. The van der Waals surface area contributed by atoms with Gasteiger partial charge in [0.1, 0.15) is 0 Å². The second-order valence-electron chi connectivity index (χ2n) is 5.84. The number of urea groups is 1. The van der Waals surface area contributed by atoms with Gasteiger partial charge in [0.25, 0.3) is 0 Å². The number of thiazole rings is 1. The van der Waals surface area contributed by atoms with Crippen molar-refractivity contribution in [2.45, 2.75) is 26.7 Å². The number of rotatable bonds is 1. The topological polar surface area (TPSA) is 117 Å². The van der Waals surface area contributed by atoms with E-state index in [-0.39, 0.29) is 56.9 Å². The first-order valence-electron chi connectivity index (χ1n) is 6.45. The van der Waals surface area contributed by atoms with Crippen LogP contribution >= 0.6 is 11.3 Å². The minimum Gasteiger partial charge on any atom is -1.00 e. The molecule has 0 aromatic carbocycles. The molecule has 0 spiro atoms. The molecule has 1 aliphatic rings. The van der Waals surface area contributed by atoms with E-state index < -0.39 is 17.9 Å². The van der Waals surface area contributed by atoms with Crippen LogP contribution < -0.4 is 43.0 Å². The van der Waals surface area contributed by atoms with Gasteiger partial charge in [-0.2, -0.15) is 0 Å². The number of fused-ring (bicyclic) bond motifs is 1. The molecule has 1 aromatic heterocycles. The van der Waals surface area contributed by atoms with Gasteiger partial charge in [0.2, 0.25) is 0 Å². The third-order valence-electron chi connectivity index (χ3n) is 3.24. The van der Waals surface area contributed by atoms with Gasteiger partial charge >= 0.3 is 55.6 Å². The average molecular weight is 341 g/mol. The van der Waals surface area contributed by atoms with E-state index in [2.05, 4.69) is 10.3 Å². The van der Waals surface area contributed by atoms with E-state index in [1.165, 1.54) is 0 Å². The van der Waals surface area contributed by atoms with E-state index in [4.69, 9.17) is 5.11 Å². The second-order valence-corrected chi connectivity index (χ2v) is 6.83. The van der Waals surface area contributed by atoms with Gasteiger partial charge in [0, 0.05) is 13.5 Å². The summed E-state index contributed by atoms with van der Waals surface area (Å²) in [7, 11) is 1.05. The summed E-state index contributed by atoms with van der Waals surface area (Å²) in [6.07, 6.45) is 1.03. The molecule has 0 saturated heterocycles. The number of carboxylic acids is 1. The molecule has 2 N–H and O–H groups in total. The Balaban J connectivity index is -0.00000132. The van der Waals surface area contributed by atoms with Crippen molar-refractivity contribution in [1.29, 1.82) is 0 Å². The van der Waals surface area contributed by atoms with Crippen LogP contribution in [-0.4, -0.2) is 45.7 Å². The van der Waals surface area contributed by atoms with Crippen molar-refractivity contribution in [2.24, 2.45) is 5.41 Å². The number of carboxylic acid groups (broad SMARTS) is 1. The van der Waals surface area contributed by atoms with Gasteiger partial charge in [-0.15, -0.1) is 0 Å². The summed E-state index contributed by atoms with van der Waals surface area (Å²) in [5, 5.41) is 11.1. The molecule has 0 fully saturated rings. The summed E-state index contributed by atoms with van der Waals surface area (Å²) < 4.78 is 0. The van der Waals surface area contributed by atoms with Gasteiger partial charge in [0.05, 0.1) is 10.6 Å². The number of ketones is 1. The van der Waals surface area contributed by atoms with Crippen molar-refractivity contribution < 1.29 is 64.9 Å². The summed E-state index contributed by atoms with van der Waals surface area (Å²) in [5.41, 5.74) is 0.434. The van der Waals surface area contributed by atoms with Gasteiger partial charge in [-0.3, -0.25) is 19.8 Å². The first kappa shape index (κ1) is 22.9. The molecule has 0 radical (unpaired) electrons. The van der Waals surface area contributed by atoms with E-state index >= 15 is 0 Å². The quantitative estimate of drug-likeness (QED) is 0.394. The molecule has 1 heterocycles. The Morgan fingerprint density at radius 1 is 1.29 bits per heavy atom. The fourth-order valence-electron chi connectivity index (χ4n) is 2.18. The molecule has 0 unspecified atom stereocenters. The SMILES string of the molecule is CN(C(=O)Nc1nc2c(s1)C(=O)CC(C)(C)C2)C(=O)C(=O)O.[H-].[H-].[Li+].[Li+]. The summed E-state index contributed by atoms with van der Waals surface area (Å²) in [6, 6.07) is -0.912. The van der Waals surface area contributed by atoms with E-state index in [0.29, 0.717) is 28.3 Å². The van der Waals surface area contributed by atoms with Gasteiger partial charge in [-0.05, 0) is 11.8 Å². The van der Waals surface area contributed by atoms with Gasteiger partial charge in [0.15, 0.2) is 10.9 Å². The molecule has 8 nitrogen and oxygen atoms in total. The number of amides is 3. The van der Waals surface area contributed by atoms with E-state index in [9.17, 15) is 19.2 Å². The molecule has 122 valence electrons. The van der Waals surface area contributed by atoms with Gasteiger partial charge in [-0.1, -0.05) is 25.2 Å². The second kappa shape index (κ2) is 8.33. The zero-order valence-corrected chi connectivity index (χ0v) is 15.1. The number of hydrogen-bond donors (Lipinski definition) is 2. The number of imide groups is 1. The number of carbonyl (C=O) groups is 4. The maximum Gasteiger partial charge on any atom is 1.00 e. The first-order valence-corrected chi connectivity index (χ1v) is 7.27. The molecule has 11 heteroatoms. The fraction of sp³-hybridized carbons (Fsp3) is 0.462. The number of nitrogens with zero attached hydrogens (tertiary/aromatic N) is 2. The summed E-state index contributed by atoms with van der Waals surface area (Å²) >= 11 is 1.03. The summed E-state index contributed by atoms with van der Waals surface area (Å²) in [5.74, 6) is -3.11. The number of Topliss-reactive ketones (excluding diaryl/α,β-unsaturated/α-hetero) is 1. The number of anilines is 1. The molecule has 0 saturated carbocycles. The van der Waals surface area contributed by atoms with Crippen LogP contribution in [0, 0.1) is 5.41 Å². The minimum absolute atomic E-state index is 0. The van der Waals surface area contributed by atoms with Crippen LogP contribution in [-0.2, 0) is 16.0 Å². The Morgan fingerprint density at radius 2 is 1.88 bits per heavy atom. The number of hydrogen-bond acceptors (Lipinski definition) is 6. The standard InChI is InChI=1S/C13H15N3O5S.2Li.2H/c1-13(2)4-6-8(7(17)5-13)22-11(14-6)15-12(21)16(3)9(18)10(19)20;;;;/h4-5H2,1-3H3,(H,19,20)(H,14,15,21);;;;/q;2*+1;2*-1. The minimum atomic E-state index is -1.73. The maximum atomic E-state index is 12.0. The van der Waals surface area contributed by atoms with Crippen LogP contribution in [0.3, 0.4) is 0 Å². The van der Waals surface area contributed by atoms with Crippen molar-refractivity contribution in [1.82, 2.24) is 9.88 Å². The largest absolute Gasteiger partial charge is 1.00 e. The Hall–Kier alpha value is -1.10. The smallest absolute Gasteiger partial charge is 1.00 e. The predicted octanol–water partition coefficient (Wildman–Crippen LogP) is -4.39. The van der Waals surface area contributed by atoms with Crippen LogP contribution in [0.2, 0.25) is 0 Å². The predicted molar refractivity (Wildman–Crippen MR) is 80.2 cm³/mol. The first-order chi connectivity index (χ1) is 10.1. The molecule has 0 atom stereocenters. The van der Waals surface area contributed by atoms with Crippen LogP contribution in [0.15, 0.2) is 0 Å². The maximum absolute atomic E-state index is 12.0. The van der Waals surface area contributed by atoms with Crippen molar-refractivity contribution in [3.8, 4) is 0 Å². The molecular formula is C13H17Li2N3O5S. The molecule has 1 aromatic rings. The van der Waals surface area contributed by atoms with Crippen LogP contribution in [0.5, 0.6) is 0 Å². The Morgan fingerprint density at radius 3 is 2.42 bits per heavy atom. The van der Waals surface area contributed by atoms with Crippen LogP contribution in [0.25, 0.3) is 0 Å². The Labute approximate surface area is 169 Å². The van der Waals surface area contributed by atoms with Crippen molar-refractivity contribution in [2.75, 3.05) is 12.4 Å². The number of aromatic nitrogens is 1. The zero-order chi connectivity index (χ0) is 16.7. The molecular weight excluding hydrogens is 324 g/mol. The summed E-state index contributed by atoms with van der Waals surface area (Å²) in [6.45, 7) is 3.93. The zero-order valence-electron chi connectivity index (χ0n) is 16.3. The molecule has 0 aliphatic heterocycles. The van der Waals surface area contributed by atoms with E-state index in [1.54, 1.807) is 0 Å². The third-order valence-corrected chi connectivity index (χ3v) is 4.30. The molecule has 0 bridgehead atoms. The number of carbonyl (C=O) groups excluding carboxylic acids is 3. The normalized spacial score (nSPS) is 14.5. The third kappa shape index (κ3) is 4.95. The van der Waals surface area contributed by atoms with Crippen molar-refractivity contribution >= 4 is 40.2 Å². The molecule has 24 heavy (non-hydrogen) atoms. The molecule has 2 rings (SSSR count). The van der Waals surface area contributed by atoms with Crippen molar-refractivity contribution in [3.63, 3.8) is 0 Å². The Kier molecular flexibility index (Phi) is 7.95. The monoisotopic (exact) mass is 341 g/mol. The van der Waals surface area contributed by atoms with E-state index in [1.807, 2.05) is 13.8 Å². The van der Waals surface area contributed by atoms with Gasteiger partial charge < -0.3 is 7.96 Å². The Bertz CT molecular complexity index is 699. The van der Waals surface area contributed by atoms with Crippen molar-refractivity contribution in [3.05, 3.63) is 10.6 Å². The van der Waals surface area contributed by atoms with E-state index in [0.717, 1.165) is 18.4 Å². The molecule has 1 aliphatic carbocycles. The number of likely N-dealkylation sites (N-methyl/N-ethyl adjacent to an activating group) is 1. The van der Waals surface area contributed by atoms with Crippen LogP contribution in [0.4, 0.5) is 9.93 Å². The summed E-state index contributed by atoms with van der Waals surface area (Å²) in [4.78, 5) is 50.7.